The Morgan fingerprint density at radius 3 is 2.70 bits per heavy atom. The standard InChI is InChI=1S/C12H13ClFN3O2S/c13-9-6-10(14)11(16)7-12(9)20(18,19)17(5-1-4-15)8-2-3-8/h6-8H,1-3,5,16H2. The number of nitrogens with zero attached hydrogens (tertiary/aromatic N) is 2. The van der Waals surface area contributed by atoms with Crippen molar-refractivity contribution < 1.29 is 12.8 Å². The van der Waals surface area contributed by atoms with Crippen molar-refractivity contribution in [3.8, 4) is 6.07 Å². The second kappa shape index (κ2) is 5.56. The number of hydrogen-bond donors (Lipinski definition) is 1. The second-order valence-electron chi connectivity index (χ2n) is 4.56. The summed E-state index contributed by atoms with van der Waals surface area (Å²) in [6, 6.07) is 3.71. The van der Waals surface area contributed by atoms with E-state index in [1.165, 1.54) is 4.31 Å². The minimum atomic E-state index is -3.88. The fourth-order valence-corrected chi connectivity index (χ4v) is 4.10. The zero-order valence-corrected chi connectivity index (χ0v) is 12.1. The Morgan fingerprint density at radius 1 is 1.50 bits per heavy atom. The van der Waals surface area contributed by atoms with E-state index in [0.29, 0.717) is 0 Å². The van der Waals surface area contributed by atoms with Gasteiger partial charge in [-0.2, -0.15) is 9.57 Å². The van der Waals surface area contributed by atoms with Crippen molar-refractivity contribution >= 4 is 27.3 Å². The quantitative estimate of drug-likeness (QED) is 0.843. The lowest BCUT2D eigenvalue weighted by atomic mass is 10.3. The van der Waals surface area contributed by atoms with Crippen molar-refractivity contribution in [1.29, 1.82) is 5.26 Å². The van der Waals surface area contributed by atoms with Gasteiger partial charge >= 0.3 is 0 Å². The maximum absolute atomic E-state index is 13.3. The molecule has 2 N–H and O–H groups in total. The number of rotatable bonds is 5. The first-order valence-corrected chi connectivity index (χ1v) is 7.83. The molecule has 0 saturated heterocycles. The van der Waals surface area contributed by atoms with Gasteiger partial charge in [0, 0.05) is 19.0 Å². The average Bonchev–Trinajstić information content (AvgIpc) is 3.18. The summed E-state index contributed by atoms with van der Waals surface area (Å²) < 4.78 is 39.6. The van der Waals surface area contributed by atoms with Crippen LogP contribution in [0.15, 0.2) is 17.0 Å². The van der Waals surface area contributed by atoms with Crippen molar-refractivity contribution in [2.75, 3.05) is 12.3 Å². The van der Waals surface area contributed by atoms with Crippen LogP contribution < -0.4 is 5.73 Å². The van der Waals surface area contributed by atoms with Crippen LogP contribution in [0.2, 0.25) is 5.02 Å². The summed E-state index contributed by atoms with van der Waals surface area (Å²) in [4.78, 5) is -0.220. The molecule has 1 fully saturated rings. The molecular formula is C12H13ClFN3O2S. The van der Waals surface area contributed by atoms with Crippen molar-refractivity contribution in [1.82, 2.24) is 4.31 Å². The van der Waals surface area contributed by atoms with E-state index in [4.69, 9.17) is 22.6 Å². The zero-order valence-electron chi connectivity index (χ0n) is 10.5. The first-order valence-electron chi connectivity index (χ1n) is 6.01. The van der Waals surface area contributed by atoms with Gasteiger partial charge in [-0.25, -0.2) is 12.8 Å². The smallest absolute Gasteiger partial charge is 0.244 e. The molecule has 0 atom stereocenters. The molecule has 0 aliphatic heterocycles. The molecule has 0 amide bonds. The lowest BCUT2D eigenvalue weighted by Gasteiger charge is -2.21. The molecule has 1 aromatic carbocycles. The van der Waals surface area contributed by atoms with E-state index in [0.717, 1.165) is 25.0 Å². The van der Waals surface area contributed by atoms with Gasteiger partial charge in [-0.3, -0.25) is 0 Å². The lowest BCUT2D eigenvalue weighted by molar-refractivity contribution is 0.411. The average molecular weight is 318 g/mol. The molecule has 1 aliphatic rings. The lowest BCUT2D eigenvalue weighted by Crippen LogP contribution is -2.34. The summed E-state index contributed by atoms with van der Waals surface area (Å²) in [6.45, 7) is 0.0944. The Morgan fingerprint density at radius 2 is 2.15 bits per heavy atom. The van der Waals surface area contributed by atoms with Gasteiger partial charge in [-0.1, -0.05) is 11.6 Å². The Balaban J connectivity index is 2.43. The molecule has 5 nitrogen and oxygen atoms in total. The molecule has 1 aliphatic carbocycles. The Hall–Kier alpha value is -1.36. The summed E-state index contributed by atoms with van der Waals surface area (Å²) in [5, 5.41) is 8.41. The molecule has 8 heteroatoms. The van der Waals surface area contributed by atoms with Crippen LogP contribution in [0.5, 0.6) is 0 Å². The van der Waals surface area contributed by atoms with Crippen LogP contribution in [0.1, 0.15) is 19.3 Å². The topological polar surface area (TPSA) is 87.2 Å². The zero-order chi connectivity index (χ0) is 14.9. The van der Waals surface area contributed by atoms with Crippen LogP contribution in [-0.2, 0) is 10.0 Å². The van der Waals surface area contributed by atoms with E-state index in [2.05, 4.69) is 0 Å². The van der Waals surface area contributed by atoms with Gasteiger partial charge < -0.3 is 5.73 Å². The molecule has 0 radical (unpaired) electrons. The summed E-state index contributed by atoms with van der Waals surface area (Å²) in [7, 11) is -3.88. The molecule has 20 heavy (non-hydrogen) atoms. The molecule has 2 rings (SSSR count). The Kier molecular flexibility index (Phi) is 4.18. The Labute approximate surface area is 121 Å². The van der Waals surface area contributed by atoms with Gasteiger partial charge in [-0.15, -0.1) is 0 Å². The number of nitriles is 1. The third kappa shape index (κ3) is 2.87. The molecule has 108 valence electrons. The van der Waals surface area contributed by atoms with Gasteiger partial charge in [0.1, 0.15) is 10.7 Å². The largest absolute Gasteiger partial charge is 0.396 e. The molecule has 0 spiro atoms. The van der Waals surface area contributed by atoms with E-state index in [9.17, 15) is 12.8 Å². The fourth-order valence-electron chi connectivity index (χ4n) is 1.89. The summed E-state index contributed by atoms with van der Waals surface area (Å²) in [5.41, 5.74) is 5.14. The number of nitrogens with two attached hydrogens (primary N) is 1. The highest BCUT2D eigenvalue weighted by Crippen LogP contribution is 2.35. The number of nitrogen functional groups attached to an aromatic ring is 1. The first-order chi connectivity index (χ1) is 9.37. The van der Waals surface area contributed by atoms with Crippen LogP contribution in [0.25, 0.3) is 0 Å². The van der Waals surface area contributed by atoms with Crippen molar-refractivity contribution in [3.05, 3.63) is 23.0 Å². The van der Waals surface area contributed by atoms with Gasteiger partial charge in [0.2, 0.25) is 10.0 Å². The highest BCUT2D eigenvalue weighted by Gasteiger charge is 2.38. The van der Waals surface area contributed by atoms with Gasteiger partial charge in [0.05, 0.1) is 16.8 Å². The van der Waals surface area contributed by atoms with Crippen LogP contribution in [-0.4, -0.2) is 25.3 Å². The molecular weight excluding hydrogens is 305 g/mol. The third-order valence-electron chi connectivity index (χ3n) is 3.04. The highest BCUT2D eigenvalue weighted by molar-refractivity contribution is 7.89. The number of halogens is 2. The Bertz CT molecular complexity index is 668. The molecule has 1 aromatic rings. The summed E-state index contributed by atoms with van der Waals surface area (Å²) in [5.74, 6) is -0.760. The number of hydrogen-bond acceptors (Lipinski definition) is 4. The summed E-state index contributed by atoms with van der Waals surface area (Å²) >= 11 is 5.82. The maximum Gasteiger partial charge on any atom is 0.244 e. The predicted molar refractivity (Wildman–Crippen MR) is 73.0 cm³/mol. The molecule has 0 unspecified atom stereocenters. The van der Waals surface area contributed by atoms with E-state index in [1.54, 1.807) is 0 Å². The van der Waals surface area contributed by atoms with Gasteiger partial charge in [-0.05, 0) is 25.0 Å². The normalized spacial score (nSPS) is 15.3. The molecule has 0 aromatic heterocycles. The fraction of sp³-hybridized carbons (Fsp3) is 0.417. The van der Waals surface area contributed by atoms with E-state index < -0.39 is 15.8 Å². The minimum absolute atomic E-state index is 0.0873. The SMILES string of the molecule is N#CCCN(C1CC1)S(=O)(=O)c1cc(N)c(F)cc1Cl. The van der Waals surface area contributed by atoms with Gasteiger partial charge in [0.15, 0.2) is 0 Å². The highest BCUT2D eigenvalue weighted by atomic mass is 35.5. The third-order valence-corrected chi connectivity index (χ3v) is 5.45. The van der Waals surface area contributed by atoms with Crippen molar-refractivity contribution in [2.45, 2.75) is 30.2 Å². The number of anilines is 1. The van der Waals surface area contributed by atoms with Crippen molar-refractivity contribution in [3.63, 3.8) is 0 Å². The number of sulfonamides is 1. The van der Waals surface area contributed by atoms with Crippen LogP contribution in [0.3, 0.4) is 0 Å². The van der Waals surface area contributed by atoms with E-state index >= 15 is 0 Å². The summed E-state index contributed by atoms with van der Waals surface area (Å²) in [6.07, 6.45) is 1.59. The molecule has 1 saturated carbocycles. The maximum atomic E-state index is 13.3. The monoisotopic (exact) mass is 317 g/mol. The van der Waals surface area contributed by atoms with Crippen molar-refractivity contribution in [2.24, 2.45) is 0 Å². The molecule has 0 bridgehead atoms. The van der Waals surface area contributed by atoms with Crippen LogP contribution >= 0.6 is 11.6 Å². The van der Waals surface area contributed by atoms with E-state index in [1.807, 2.05) is 6.07 Å². The van der Waals surface area contributed by atoms with E-state index in [-0.39, 0.29) is 34.6 Å². The molecule has 0 heterocycles. The van der Waals surface area contributed by atoms with Crippen LogP contribution in [0.4, 0.5) is 10.1 Å². The van der Waals surface area contributed by atoms with Gasteiger partial charge in [0.25, 0.3) is 0 Å². The number of benzene rings is 1. The predicted octanol–water partition coefficient (Wildman–Crippen LogP) is 2.13. The second-order valence-corrected chi connectivity index (χ2v) is 6.83. The minimum Gasteiger partial charge on any atom is -0.396 e. The van der Waals surface area contributed by atoms with Crippen LogP contribution in [0, 0.1) is 17.1 Å². The first kappa shape index (κ1) is 15.0.